The van der Waals surface area contributed by atoms with Crippen molar-refractivity contribution in [2.24, 2.45) is 5.73 Å². The standard InChI is InChI=1S/C22H22ClF2N5O2/c1-32-12-18(26)22(31)29-8-9-30-19(11-29)28-20(13-2-4-14(24)5-3-13)21(30)27-15-6-7-16(23)17(25)10-15/h2-7,10,18,27H,8-9,11-12,26H2,1H3/t18-/m0/s1. The molecule has 168 valence electrons. The van der Waals surface area contributed by atoms with Crippen LogP contribution in [0.5, 0.6) is 0 Å². The molecule has 0 fully saturated rings. The quantitative estimate of drug-likeness (QED) is 0.586. The van der Waals surface area contributed by atoms with Crippen molar-refractivity contribution in [2.45, 2.75) is 19.1 Å². The number of anilines is 2. The van der Waals surface area contributed by atoms with E-state index in [-0.39, 0.29) is 29.9 Å². The lowest BCUT2D eigenvalue weighted by Gasteiger charge is -2.30. The van der Waals surface area contributed by atoms with Crippen LogP contribution in [0.4, 0.5) is 20.3 Å². The first-order valence-electron chi connectivity index (χ1n) is 9.98. The monoisotopic (exact) mass is 461 g/mol. The van der Waals surface area contributed by atoms with Gasteiger partial charge in [0.15, 0.2) is 0 Å². The number of hydrogen-bond acceptors (Lipinski definition) is 5. The second kappa shape index (κ2) is 9.23. The van der Waals surface area contributed by atoms with Crippen molar-refractivity contribution in [1.29, 1.82) is 0 Å². The number of imidazole rings is 1. The Morgan fingerprint density at radius 1 is 1.25 bits per heavy atom. The van der Waals surface area contributed by atoms with Gasteiger partial charge in [0, 0.05) is 31.5 Å². The number of carbonyl (C=O) groups excluding carboxylic acids is 1. The van der Waals surface area contributed by atoms with E-state index < -0.39 is 11.9 Å². The normalized spacial score (nSPS) is 14.2. The summed E-state index contributed by atoms with van der Waals surface area (Å²) in [4.78, 5) is 19.0. The molecule has 2 aromatic carbocycles. The Bertz CT molecular complexity index is 1140. The highest BCUT2D eigenvalue weighted by molar-refractivity contribution is 6.30. The van der Waals surface area contributed by atoms with Gasteiger partial charge in [0.2, 0.25) is 5.91 Å². The third kappa shape index (κ3) is 4.45. The van der Waals surface area contributed by atoms with Crippen LogP contribution < -0.4 is 11.1 Å². The fourth-order valence-electron chi connectivity index (χ4n) is 3.65. The second-order valence-corrected chi connectivity index (χ2v) is 7.87. The molecule has 0 radical (unpaired) electrons. The van der Waals surface area contributed by atoms with Crippen LogP contribution in [0.25, 0.3) is 11.3 Å². The first kappa shape index (κ1) is 22.2. The van der Waals surface area contributed by atoms with E-state index in [2.05, 4.69) is 5.32 Å². The number of methoxy groups -OCH3 is 1. The van der Waals surface area contributed by atoms with E-state index in [0.717, 1.165) is 0 Å². The highest BCUT2D eigenvalue weighted by atomic mass is 35.5. The van der Waals surface area contributed by atoms with Gasteiger partial charge < -0.3 is 25.3 Å². The number of nitrogens with two attached hydrogens (primary N) is 1. The lowest BCUT2D eigenvalue weighted by atomic mass is 10.1. The summed E-state index contributed by atoms with van der Waals surface area (Å²) in [5.41, 5.74) is 7.64. The third-order valence-electron chi connectivity index (χ3n) is 5.25. The number of hydrogen-bond donors (Lipinski definition) is 2. The molecule has 0 saturated carbocycles. The number of halogens is 3. The Kier molecular flexibility index (Phi) is 6.40. The van der Waals surface area contributed by atoms with E-state index in [1.807, 2.05) is 4.57 Å². The van der Waals surface area contributed by atoms with Gasteiger partial charge in [-0.2, -0.15) is 0 Å². The van der Waals surface area contributed by atoms with Crippen molar-refractivity contribution in [2.75, 3.05) is 25.6 Å². The Morgan fingerprint density at radius 2 is 2.00 bits per heavy atom. The number of fused-ring (bicyclic) bond motifs is 1. The largest absolute Gasteiger partial charge is 0.383 e. The first-order chi connectivity index (χ1) is 15.4. The van der Waals surface area contributed by atoms with E-state index in [1.165, 1.54) is 31.4 Å². The molecule has 0 aliphatic carbocycles. The summed E-state index contributed by atoms with van der Waals surface area (Å²) < 4.78 is 34.4. The summed E-state index contributed by atoms with van der Waals surface area (Å²) in [7, 11) is 1.49. The van der Waals surface area contributed by atoms with Gasteiger partial charge in [0.05, 0.1) is 18.2 Å². The average Bonchev–Trinajstić information content (AvgIpc) is 3.14. The summed E-state index contributed by atoms with van der Waals surface area (Å²) in [6.07, 6.45) is 0. The van der Waals surface area contributed by atoms with Gasteiger partial charge in [0.25, 0.3) is 0 Å². The molecule has 1 aliphatic heterocycles. The Labute approximate surface area is 188 Å². The molecule has 2 heterocycles. The molecule has 0 bridgehead atoms. The molecule has 0 unspecified atom stereocenters. The number of aromatic nitrogens is 2. The minimum absolute atomic E-state index is 0.0196. The zero-order valence-corrected chi connectivity index (χ0v) is 18.1. The highest BCUT2D eigenvalue weighted by Crippen LogP contribution is 2.34. The fraction of sp³-hybridized carbons (Fsp3) is 0.273. The third-order valence-corrected chi connectivity index (χ3v) is 5.55. The van der Waals surface area contributed by atoms with Crippen LogP contribution in [0.3, 0.4) is 0 Å². The average molecular weight is 462 g/mol. The van der Waals surface area contributed by atoms with E-state index in [1.54, 1.807) is 23.1 Å². The summed E-state index contributed by atoms with van der Waals surface area (Å²) >= 11 is 5.80. The van der Waals surface area contributed by atoms with E-state index >= 15 is 0 Å². The molecule has 1 aliphatic rings. The number of ether oxygens (including phenoxy) is 1. The van der Waals surface area contributed by atoms with Crippen molar-refractivity contribution < 1.29 is 18.3 Å². The zero-order chi connectivity index (χ0) is 22.8. The summed E-state index contributed by atoms with van der Waals surface area (Å²) in [6, 6.07) is 9.58. The highest BCUT2D eigenvalue weighted by Gasteiger charge is 2.29. The number of carbonyl (C=O) groups is 1. The molecular formula is C22H22ClF2N5O2. The van der Waals surface area contributed by atoms with Crippen molar-refractivity contribution >= 4 is 29.0 Å². The molecule has 1 atom stereocenters. The first-order valence-corrected chi connectivity index (χ1v) is 10.4. The molecule has 3 N–H and O–H groups in total. The second-order valence-electron chi connectivity index (χ2n) is 7.46. The number of nitrogens with zero attached hydrogens (tertiary/aromatic N) is 3. The molecule has 0 saturated heterocycles. The number of amides is 1. The van der Waals surface area contributed by atoms with Crippen LogP contribution in [0.15, 0.2) is 42.5 Å². The van der Waals surface area contributed by atoms with Crippen LogP contribution >= 0.6 is 11.6 Å². The summed E-state index contributed by atoms with van der Waals surface area (Å²) in [5.74, 6) is 0.101. The maximum absolute atomic E-state index is 14.0. The van der Waals surface area contributed by atoms with Crippen LogP contribution in [-0.4, -0.2) is 46.7 Å². The predicted octanol–water partition coefficient (Wildman–Crippen LogP) is 3.54. The molecule has 3 aromatic rings. The maximum Gasteiger partial charge on any atom is 0.242 e. The van der Waals surface area contributed by atoms with Gasteiger partial charge in [0.1, 0.15) is 35.0 Å². The molecule has 32 heavy (non-hydrogen) atoms. The van der Waals surface area contributed by atoms with Gasteiger partial charge in [-0.05, 0) is 42.5 Å². The molecule has 7 nitrogen and oxygen atoms in total. The van der Waals surface area contributed by atoms with Gasteiger partial charge in [-0.1, -0.05) is 11.6 Å². The molecule has 4 rings (SSSR count). The molecule has 1 aromatic heterocycles. The van der Waals surface area contributed by atoms with Crippen LogP contribution in [0, 0.1) is 11.6 Å². The van der Waals surface area contributed by atoms with Crippen LogP contribution in [0.2, 0.25) is 5.02 Å². The topological polar surface area (TPSA) is 85.4 Å². The SMILES string of the molecule is COC[C@H](N)C(=O)N1CCn2c(nc(-c3ccc(F)cc3)c2Nc2ccc(Cl)c(F)c2)C1. The van der Waals surface area contributed by atoms with Crippen molar-refractivity contribution in [1.82, 2.24) is 14.5 Å². The maximum atomic E-state index is 14.0. The van der Waals surface area contributed by atoms with E-state index in [0.29, 0.717) is 41.7 Å². The fourth-order valence-corrected chi connectivity index (χ4v) is 3.77. The Hall–Kier alpha value is -3.01. The zero-order valence-electron chi connectivity index (χ0n) is 17.3. The smallest absolute Gasteiger partial charge is 0.242 e. The number of rotatable bonds is 6. The molecule has 1 amide bonds. The van der Waals surface area contributed by atoms with Crippen molar-refractivity contribution in [3.8, 4) is 11.3 Å². The van der Waals surface area contributed by atoms with E-state index in [4.69, 9.17) is 27.1 Å². The number of nitrogens with one attached hydrogen (secondary N) is 1. The summed E-state index contributed by atoms with van der Waals surface area (Å²) in [5, 5.41) is 3.23. The van der Waals surface area contributed by atoms with Gasteiger partial charge in [-0.15, -0.1) is 0 Å². The number of benzene rings is 2. The minimum atomic E-state index is -0.757. The Morgan fingerprint density at radius 3 is 2.69 bits per heavy atom. The van der Waals surface area contributed by atoms with Crippen LogP contribution in [-0.2, 0) is 22.6 Å². The molecule has 0 spiro atoms. The lowest BCUT2D eigenvalue weighted by molar-refractivity contribution is -0.135. The molecular weight excluding hydrogens is 440 g/mol. The van der Waals surface area contributed by atoms with Gasteiger partial charge in [-0.25, -0.2) is 13.8 Å². The Balaban J connectivity index is 1.71. The minimum Gasteiger partial charge on any atom is -0.383 e. The van der Waals surface area contributed by atoms with E-state index in [9.17, 15) is 13.6 Å². The lowest BCUT2D eigenvalue weighted by Crippen LogP contribution is -2.48. The summed E-state index contributed by atoms with van der Waals surface area (Å²) in [6.45, 7) is 1.25. The van der Waals surface area contributed by atoms with Crippen LogP contribution in [0.1, 0.15) is 5.82 Å². The van der Waals surface area contributed by atoms with Gasteiger partial charge >= 0.3 is 0 Å². The van der Waals surface area contributed by atoms with Gasteiger partial charge in [-0.3, -0.25) is 4.79 Å². The predicted molar refractivity (Wildman–Crippen MR) is 118 cm³/mol. The van der Waals surface area contributed by atoms with Crippen molar-refractivity contribution in [3.05, 3.63) is 64.9 Å². The van der Waals surface area contributed by atoms with Crippen molar-refractivity contribution in [3.63, 3.8) is 0 Å². The molecule has 10 heteroatoms.